The quantitative estimate of drug-likeness (QED) is 0.805. The van der Waals surface area contributed by atoms with Gasteiger partial charge in [-0.3, -0.25) is 9.69 Å². The Morgan fingerprint density at radius 3 is 2.46 bits per heavy atom. The molecule has 0 aliphatic rings. The zero-order valence-corrected chi connectivity index (χ0v) is 16.0. The van der Waals surface area contributed by atoms with E-state index < -0.39 is 17.5 Å². The number of nitrogen functional groups attached to an aromatic ring is 1. The third-order valence-corrected chi connectivity index (χ3v) is 3.41. The monoisotopic (exact) mass is 367 g/mol. The van der Waals surface area contributed by atoms with Crippen LogP contribution in [0.25, 0.3) is 10.9 Å². The fraction of sp³-hybridized carbons (Fsp3) is 0.444. The molecule has 0 fully saturated rings. The Hall–Kier alpha value is -2.77. The van der Waals surface area contributed by atoms with E-state index in [1.807, 2.05) is 0 Å². The van der Waals surface area contributed by atoms with E-state index >= 15 is 0 Å². The summed E-state index contributed by atoms with van der Waals surface area (Å²) in [4.78, 5) is 25.6. The average molecular weight is 367 g/mol. The number of carbonyl (C=O) groups is 2. The smallest absolute Gasteiger partial charge is 0.414 e. The van der Waals surface area contributed by atoms with Crippen molar-refractivity contribution in [2.45, 2.75) is 40.2 Å². The third kappa shape index (κ3) is 5.37. The van der Waals surface area contributed by atoms with Gasteiger partial charge in [-0.2, -0.15) is 0 Å². The van der Waals surface area contributed by atoms with Crippen LogP contribution in [0.15, 0.2) is 12.1 Å². The van der Waals surface area contributed by atoms with Crippen LogP contribution in [0.2, 0.25) is 0 Å². The average Bonchev–Trinajstić information content (AvgIpc) is 2.81. The van der Waals surface area contributed by atoms with E-state index in [9.17, 15) is 14.0 Å². The number of carbonyl (C=O) groups excluding carboxylic acids is 2. The van der Waals surface area contributed by atoms with Gasteiger partial charge in [0.25, 0.3) is 6.47 Å². The highest BCUT2D eigenvalue weighted by Crippen LogP contribution is 2.32. The molecule has 1 aromatic heterocycles. The second-order valence-electron chi connectivity index (χ2n) is 6.60. The van der Waals surface area contributed by atoms with E-state index in [-0.39, 0.29) is 0 Å². The number of nitrogens with zero attached hydrogens (tertiary/aromatic N) is 1. The van der Waals surface area contributed by atoms with Crippen LogP contribution in [0.4, 0.5) is 20.7 Å². The predicted molar refractivity (Wildman–Crippen MR) is 99.7 cm³/mol. The molecule has 0 aliphatic carbocycles. The summed E-state index contributed by atoms with van der Waals surface area (Å²) >= 11 is 0. The number of nitrogens with one attached hydrogen (secondary N) is 1. The van der Waals surface area contributed by atoms with Crippen molar-refractivity contribution in [3.63, 3.8) is 0 Å². The molecule has 0 spiro atoms. The summed E-state index contributed by atoms with van der Waals surface area (Å²) in [5.41, 5.74) is 6.97. The number of fused-ring (bicyclic) bond motifs is 1. The number of aryl methyl sites for hydroxylation is 1. The van der Waals surface area contributed by atoms with Crippen LogP contribution in [0.3, 0.4) is 0 Å². The molecule has 0 saturated carbocycles. The van der Waals surface area contributed by atoms with Gasteiger partial charge < -0.3 is 20.2 Å². The summed E-state index contributed by atoms with van der Waals surface area (Å²) < 4.78 is 23.3. The van der Waals surface area contributed by atoms with Gasteiger partial charge in [0.1, 0.15) is 17.2 Å². The first kappa shape index (κ1) is 21.3. The van der Waals surface area contributed by atoms with Gasteiger partial charge in [-0.1, -0.05) is 0 Å². The van der Waals surface area contributed by atoms with Gasteiger partial charge in [0, 0.05) is 12.4 Å². The fourth-order valence-electron chi connectivity index (χ4n) is 2.15. The Kier molecular flexibility index (Phi) is 7.00. The number of benzene rings is 1. The maximum absolute atomic E-state index is 13.8. The number of aromatic nitrogens is 1. The van der Waals surface area contributed by atoms with Crippen LogP contribution in [0, 0.1) is 12.7 Å². The summed E-state index contributed by atoms with van der Waals surface area (Å²) in [5.74, 6) is 0.0180. The lowest BCUT2D eigenvalue weighted by Gasteiger charge is -2.25. The highest BCUT2D eigenvalue weighted by Gasteiger charge is 2.23. The number of amides is 1. The second kappa shape index (κ2) is 8.55. The van der Waals surface area contributed by atoms with Gasteiger partial charge >= 0.3 is 6.09 Å². The molecule has 1 heterocycles. The van der Waals surface area contributed by atoms with Gasteiger partial charge in [-0.05, 0) is 52.3 Å². The molecule has 0 bridgehead atoms. The van der Waals surface area contributed by atoms with Gasteiger partial charge in [-0.25, -0.2) is 9.18 Å². The van der Waals surface area contributed by atoms with E-state index in [1.165, 1.54) is 24.1 Å². The Balaban J connectivity index is 0.000000597. The number of rotatable bonds is 3. The van der Waals surface area contributed by atoms with Crippen LogP contribution in [-0.4, -0.2) is 36.8 Å². The number of ether oxygens (including phenoxy) is 2. The number of halogens is 1. The molecule has 144 valence electrons. The number of nitrogens with two attached hydrogens (primary N) is 1. The summed E-state index contributed by atoms with van der Waals surface area (Å²) in [6.45, 7) is 9.78. The largest absolute Gasteiger partial charge is 0.468 e. The summed E-state index contributed by atoms with van der Waals surface area (Å²) in [5, 5.41) is 0.651. The molecule has 1 aromatic carbocycles. The molecule has 2 aromatic rings. The lowest BCUT2D eigenvalue weighted by Crippen LogP contribution is -2.34. The van der Waals surface area contributed by atoms with Crippen molar-refractivity contribution in [3.05, 3.63) is 23.5 Å². The number of hydrogen-bond acceptors (Lipinski definition) is 5. The molecule has 2 rings (SSSR count). The Morgan fingerprint density at radius 1 is 1.38 bits per heavy atom. The first-order valence-corrected chi connectivity index (χ1v) is 8.11. The van der Waals surface area contributed by atoms with Gasteiger partial charge in [-0.15, -0.1) is 0 Å². The topological polar surface area (TPSA) is 97.6 Å². The van der Waals surface area contributed by atoms with Crippen molar-refractivity contribution in [2.75, 3.05) is 24.3 Å². The maximum atomic E-state index is 13.8. The summed E-state index contributed by atoms with van der Waals surface area (Å²) in [7, 11) is 1.54. The SMILES string of the molecule is CCOC=O.Cc1c(N)[nH]c2c(N(C)C(=O)OC(C)(C)C)cc(F)cc12. The van der Waals surface area contributed by atoms with Crippen molar-refractivity contribution in [1.82, 2.24) is 4.98 Å². The minimum Gasteiger partial charge on any atom is -0.468 e. The Bertz CT molecular complexity index is 781. The molecule has 26 heavy (non-hydrogen) atoms. The number of aromatic amines is 1. The first-order chi connectivity index (χ1) is 12.0. The summed E-state index contributed by atoms with van der Waals surface area (Å²) in [6.07, 6.45) is -0.555. The molecule has 8 heteroatoms. The Morgan fingerprint density at radius 2 is 2.00 bits per heavy atom. The molecule has 0 atom stereocenters. The van der Waals surface area contributed by atoms with E-state index in [0.717, 1.165) is 5.56 Å². The second-order valence-corrected chi connectivity index (χ2v) is 6.60. The highest BCUT2D eigenvalue weighted by atomic mass is 19.1. The van der Waals surface area contributed by atoms with Crippen LogP contribution in [-0.2, 0) is 14.3 Å². The molecule has 3 N–H and O–H groups in total. The van der Waals surface area contributed by atoms with Crippen LogP contribution in [0.5, 0.6) is 0 Å². The number of H-pyrrole nitrogens is 1. The maximum Gasteiger partial charge on any atom is 0.414 e. The number of anilines is 2. The Labute approximate surface area is 152 Å². The molecule has 0 radical (unpaired) electrons. The number of hydrogen-bond donors (Lipinski definition) is 2. The van der Waals surface area contributed by atoms with E-state index in [1.54, 1.807) is 34.6 Å². The molecular formula is C18H26FN3O4. The van der Waals surface area contributed by atoms with E-state index in [2.05, 4.69) is 9.72 Å². The first-order valence-electron chi connectivity index (χ1n) is 8.11. The van der Waals surface area contributed by atoms with Crippen molar-refractivity contribution in [3.8, 4) is 0 Å². The fourth-order valence-corrected chi connectivity index (χ4v) is 2.15. The molecule has 0 aliphatic heterocycles. The van der Waals surface area contributed by atoms with Crippen molar-refractivity contribution >= 4 is 35.0 Å². The van der Waals surface area contributed by atoms with Crippen LogP contribution >= 0.6 is 0 Å². The van der Waals surface area contributed by atoms with E-state index in [4.69, 9.17) is 10.5 Å². The zero-order valence-electron chi connectivity index (χ0n) is 16.0. The van der Waals surface area contributed by atoms with Crippen LogP contribution in [0.1, 0.15) is 33.3 Å². The molecule has 7 nitrogen and oxygen atoms in total. The third-order valence-electron chi connectivity index (χ3n) is 3.41. The molecule has 0 saturated heterocycles. The zero-order chi connectivity index (χ0) is 20.1. The standard InChI is InChI=1S/C15H20FN3O2.C3H6O2/c1-8-10-6-9(16)7-11(12(10)18-13(8)17)19(5)14(20)21-15(2,3)4;1-2-5-3-4/h6-7,18H,17H2,1-5H3;3H,2H2,1H3. The van der Waals surface area contributed by atoms with Crippen molar-refractivity contribution in [1.29, 1.82) is 0 Å². The van der Waals surface area contributed by atoms with Gasteiger partial charge in [0.15, 0.2) is 0 Å². The minimum absolute atomic E-state index is 0.388. The van der Waals surface area contributed by atoms with Crippen LogP contribution < -0.4 is 10.6 Å². The highest BCUT2D eigenvalue weighted by molar-refractivity contribution is 6.02. The molecular weight excluding hydrogens is 341 g/mol. The summed E-state index contributed by atoms with van der Waals surface area (Å²) in [6, 6.07) is 2.67. The van der Waals surface area contributed by atoms with Crippen molar-refractivity contribution in [2.24, 2.45) is 0 Å². The van der Waals surface area contributed by atoms with Gasteiger partial charge in [0.05, 0.1) is 17.8 Å². The normalized spacial score (nSPS) is 10.7. The lowest BCUT2D eigenvalue weighted by molar-refractivity contribution is -0.128. The van der Waals surface area contributed by atoms with Crippen molar-refractivity contribution < 1.29 is 23.5 Å². The van der Waals surface area contributed by atoms with Gasteiger partial charge in [0.2, 0.25) is 0 Å². The minimum atomic E-state index is -0.623. The lowest BCUT2D eigenvalue weighted by atomic mass is 10.1. The predicted octanol–water partition coefficient (Wildman–Crippen LogP) is 3.75. The molecule has 0 unspecified atom stereocenters. The molecule has 1 amide bonds. The van der Waals surface area contributed by atoms with E-state index in [0.29, 0.717) is 35.5 Å².